The maximum atomic E-state index is 12.5. The van der Waals surface area contributed by atoms with E-state index in [-0.39, 0.29) is 23.7 Å². The van der Waals surface area contributed by atoms with Gasteiger partial charge in [-0.15, -0.1) is 11.3 Å². The number of nitrogens with one attached hydrogen (secondary N) is 1. The first-order valence-corrected chi connectivity index (χ1v) is 12.3. The van der Waals surface area contributed by atoms with E-state index in [0.29, 0.717) is 6.54 Å². The fourth-order valence-corrected chi connectivity index (χ4v) is 4.72. The van der Waals surface area contributed by atoms with Crippen LogP contribution in [0.15, 0.2) is 47.2 Å². The third-order valence-corrected chi connectivity index (χ3v) is 6.62. The van der Waals surface area contributed by atoms with Gasteiger partial charge in [-0.3, -0.25) is 4.79 Å². The lowest BCUT2D eigenvalue weighted by Gasteiger charge is -2.27. The molecule has 0 bridgehead atoms. The minimum absolute atomic E-state index is 0.00956. The second-order valence-electron chi connectivity index (χ2n) is 8.49. The minimum Gasteiger partial charge on any atom is -0.403 e. The second kappa shape index (κ2) is 13.6. The molecule has 0 aliphatic carbocycles. The van der Waals surface area contributed by atoms with Crippen LogP contribution in [-0.2, 0) is 16.1 Å². The largest absolute Gasteiger partial charge is 0.403 e. The second-order valence-corrected chi connectivity index (χ2v) is 9.34. The lowest BCUT2D eigenvalue weighted by Crippen LogP contribution is -2.46. The summed E-state index contributed by atoms with van der Waals surface area (Å²) in [7, 11) is 1.96. The topological polar surface area (TPSA) is 127 Å². The minimum atomic E-state index is -0.517. The van der Waals surface area contributed by atoms with Crippen molar-refractivity contribution in [1.82, 2.24) is 15.2 Å². The first-order chi connectivity index (χ1) is 16.3. The molecular weight excluding hydrogens is 448 g/mol. The Morgan fingerprint density at radius 1 is 1.35 bits per heavy atom. The van der Waals surface area contributed by atoms with E-state index in [1.54, 1.807) is 16.2 Å². The molecule has 3 rings (SSSR count). The number of aryl methyl sites for hydroxylation is 1. The summed E-state index contributed by atoms with van der Waals surface area (Å²) in [6.45, 7) is 7.38. The standard InChI is InChI=1S/C13H22N4O2.C12H14N2S/c1-9(2)11(12(15)16-6-5-14)13(19)17-7-3-4-10(17)8-18;1-9-12(15-8-14-9)11-5-3-10(4-6-11)7-13-2/h5-6,8-11H,3-4,7,14H2,1-2H3,(H2,15,16);3-6,8,13H,7H2,1-2H3/b6-5-;. The summed E-state index contributed by atoms with van der Waals surface area (Å²) in [5.41, 5.74) is 16.7. The van der Waals surface area contributed by atoms with E-state index in [0.717, 1.165) is 31.4 Å². The number of amidine groups is 1. The van der Waals surface area contributed by atoms with Gasteiger partial charge in [-0.05, 0) is 43.9 Å². The molecule has 9 heteroatoms. The van der Waals surface area contributed by atoms with Gasteiger partial charge in [-0.1, -0.05) is 38.1 Å². The highest BCUT2D eigenvalue weighted by Crippen LogP contribution is 2.27. The van der Waals surface area contributed by atoms with Gasteiger partial charge in [0.25, 0.3) is 0 Å². The van der Waals surface area contributed by atoms with Gasteiger partial charge < -0.3 is 26.5 Å². The number of aliphatic imine (C=N–C) groups is 1. The van der Waals surface area contributed by atoms with Crippen molar-refractivity contribution in [2.75, 3.05) is 13.6 Å². The molecule has 2 atom stereocenters. The smallest absolute Gasteiger partial charge is 0.234 e. The highest BCUT2D eigenvalue weighted by Gasteiger charge is 2.36. The molecule has 1 aliphatic heterocycles. The van der Waals surface area contributed by atoms with Gasteiger partial charge in [0.05, 0.1) is 28.0 Å². The summed E-state index contributed by atoms with van der Waals surface area (Å²) < 4.78 is 0. The first-order valence-electron chi connectivity index (χ1n) is 11.4. The fourth-order valence-electron chi connectivity index (χ4n) is 3.91. The van der Waals surface area contributed by atoms with Crippen LogP contribution in [0, 0.1) is 18.8 Å². The third kappa shape index (κ3) is 7.23. The SMILES string of the molecule is CC(C)C(C(=O)N1CCCC1C=O)C(N)=N/C=C\N.CNCc1ccc(-c2scnc2C)cc1. The van der Waals surface area contributed by atoms with Gasteiger partial charge in [0.1, 0.15) is 12.1 Å². The Morgan fingerprint density at radius 2 is 2.06 bits per heavy atom. The molecule has 8 nitrogen and oxygen atoms in total. The summed E-state index contributed by atoms with van der Waals surface area (Å²) in [5.74, 6) is -0.401. The normalized spacial score (nSPS) is 17.0. The van der Waals surface area contributed by atoms with Crippen LogP contribution in [0.2, 0.25) is 0 Å². The number of likely N-dealkylation sites (tertiary alicyclic amines) is 1. The Kier molecular flexibility index (Phi) is 10.9. The first kappa shape index (κ1) is 27.2. The zero-order valence-corrected chi connectivity index (χ0v) is 21.2. The van der Waals surface area contributed by atoms with Gasteiger partial charge >= 0.3 is 0 Å². The Balaban J connectivity index is 0.000000246. The Labute approximate surface area is 206 Å². The van der Waals surface area contributed by atoms with E-state index in [2.05, 4.69) is 39.6 Å². The molecule has 0 saturated carbocycles. The molecular formula is C25H36N6O2S. The van der Waals surface area contributed by atoms with E-state index in [1.807, 2.05) is 33.3 Å². The van der Waals surface area contributed by atoms with E-state index in [4.69, 9.17) is 11.5 Å². The molecule has 1 amide bonds. The number of hydrogen-bond donors (Lipinski definition) is 3. The maximum Gasteiger partial charge on any atom is 0.234 e. The molecule has 0 radical (unpaired) electrons. The van der Waals surface area contributed by atoms with Crippen molar-refractivity contribution >= 4 is 29.4 Å². The summed E-state index contributed by atoms with van der Waals surface area (Å²) in [6, 6.07) is 8.31. The van der Waals surface area contributed by atoms with Crippen LogP contribution in [0.3, 0.4) is 0 Å². The summed E-state index contributed by atoms with van der Waals surface area (Å²) >= 11 is 1.70. The number of carbonyl (C=O) groups excluding carboxylic acids is 2. The van der Waals surface area contributed by atoms with Crippen molar-refractivity contribution < 1.29 is 9.59 Å². The predicted molar refractivity (Wildman–Crippen MR) is 139 cm³/mol. The summed E-state index contributed by atoms with van der Waals surface area (Å²) in [4.78, 5) is 34.6. The number of carbonyl (C=O) groups is 2. The van der Waals surface area contributed by atoms with E-state index >= 15 is 0 Å². The van der Waals surface area contributed by atoms with Gasteiger partial charge in [-0.2, -0.15) is 0 Å². The van der Waals surface area contributed by atoms with Crippen LogP contribution < -0.4 is 16.8 Å². The van der Waals surface area contributed by atoms with Gasteiger partial charge in [0.2, 0.25) is 5.91 Å². The predicted octanol–water partition coefficient (Wildman–Crippen LogP) is 3.07. The Bertz CT molecular complexity index is 984. The number of aldehydes is 1. The highest BCUT2D eigenvalue weighted by atomic mass is 32.1. The van der Waals surface area contributed by atoms with Crippen LogP contribution >= 0.6 is 11.3 Å². The number of thiazole rings is 1. The van der Waals surface area contributed by atoms with Gasteiger partial charge in [-0.25, -0.2) is 9.98 Å². The Morgan fingerprint density at radius 3 is 2.59 bits per heavy atom. The quantitative estimate of drug-likeness (QED) is 0.300. The number of rotatable bonds is 8. The maximum absolute atomic E-state index is 12.5. The lowest BCUT2D eigenvalue weighted by molar-refractivity contribution is -0.137. The number of hydrogen-bond acceptors (Lipinski definition) is 7. The van der Waals surface area contributed by atoms with Crippen LogP contribution in [0.1, 0.15) is 37.9 Å². The van der Waals surface area contributed by atoms with Crippen molar-refractivity contribution in [2.45, 2.75) is 46.2 Å². The zero-order valence-electron chi connectivity index (χ0n) is 20.4. The van der Waals surface area contributed by atoms with Gasteiger partial charge in [0, 0.05) is 25.5 Å². The van der Waals surface area contributed by atoms with Crippen LogP contribution in [0.25, 0.3) is 10.4 Å². The highest BCUT2D eigenvalue weighted by molar-refractivity contribution is 7.13. The fraction of sp³-hybridized carbons (Fsp3) is 0.440. The monoisotopic (exact) mass is 484 g/mol. The average molecular weight is 485 g/mol. The molecule has 184 valence electrons. The molecule has 2 unspecified atom stereocenters. The summed E-state index contributed by atoms with van der Waals surface area (Å²) in [6.07, 6.45) is 5.02. The van der Waals surface area contributed by atoms with Crippen LogP contribution in [-0.4, -0.2) is 47.5 Å². The lowest BCUT2D eigenvalue weighted by atomic mass is 9.93. The molecule has 1 saturated heterocycles. The van der Waals surface area contributed by atoms with E-state index in [1.165, 1.54) is 28.4 Å². The van der Waals surface area contributed by atoms with Crippen molar-refractivity contribution in [1.29, 1.82) is 0 Å². The van der Waals surface area contributed by atoms with Crippen LogP contribution in [0.4, 0.5) is 0 Å². The number of amides is 1. The molecule has 0 spiro atoms. The average Bonchev–Trinajstić information content (AvgIpc) is 3.47. The van der Waals surface area contributed by atoms with E-state index < -0.39 is 5.92 Å². The Hall–Kier alpha value is -3.04. The molecule has 34 heavy (non-hydrogen) atoms. The number of nitrogens with zero attached hydrogens (tertiary/aromatic N) is 3. The van der Waals surface area contributed by atoms with Crippen molar-refractivity contribution in [2.24, 2.45) is 28.3 Å². The van der Waals surface area contributed by atoms with Crippen molar-refractivity contribution in [3.05, 3.63) is 53.4 Å². The number of benzene rings is 1. The molecule has 1 aromatic carbocycles. The molecule has 5 N–H and O–H groups in total. The molecule has 1 fully saturated rings. The van der Waals surface area contributed by atoms with Crippen molar-refractivity contribution in [3.63, 3.8) is 0 Å². The molecule has 1 aromatic heterocycles. The number of aromatic nitrogens is 1. The summed E-state index contributed by atoms with van der Waals surface area (Å²) in [5, 5.41) is 3.14. The third-order valence-electron chi connectivity index (χ3n) is 5.64. The number of nitrogens with two attached hydrogens (primary N) is 2. The van der Waals surface area contributed by atoms with Gasteiger partial charge in [0.15, 0.2) is 0 Å². The van der Waals surface area contributed by atoms with E-state index in [9.17, 15) is 9.59 Å². The zero-order chi connectivity index (χ0) is 25.1. The molecule has 2 aromatic rings. The van der Waals surface area contributed by atoms with Crippen molar-refractivity contribution in [3.8, 4) is 10.4 Å². The van der Waals surface area contributed by atoms with Crippen LogP contribution in [0.5, 0.6) is 0 Å². The molecule has 1 aliphatic rings. The molecule has 2 heterocycles.